The summed E-state index contributed by atoms with van der Waals surface area (Å²) in [7, 11) is 3.00. The number of hydrogen-bond donors (Lipinski definition) is 1. The molecular formula is C23H19F3N4O3. The molecule has 0 atom stereocenters. The molecule has 170 valence electrons. The van der Waals surface area contributed by atoms with Gasteiger partial charge in [0, 0.05) is 12.1 Å². The molecule has 1 N–H and O–H groups in total. The topological polar surface area (TPSA) is 77.8 Å². The van der Waals surface area contributed by atoms with E-state index in [0.29, 0.717) is 27.1 Å². The number of hydrogen-bond acceptors (Lipinski definition) is 5. The van der Waals surface area contributed by atoms with Crippen molar-refractivity contribution in [2.75, 3.05) is 14.2 Å². The zero-order valence-corrected chi connectivity index (χ0v) is 17.7. The molecule has 0 saturated carbocycles. The van der Waals surface area contributed by atoms with Crippen LogP contribution in [0.15, 0.2) is 60.8 Å². The number of carbonyl (C=O) groups excluding carboxylic acids is 1. The van der Waals surface area contributed by atoms with E-state index in [1.165, 1.54) is 14.2 Å². The molecule has 0 bridgehead atoms. The molecular weight excluding hydrogens is 437 g/mol. The van der Waals surface area contributed by atoms with E-state index in [2.05, 4.69) is 15.4 Å². The van der Waals surface area contributed by atoms with Crippen molar-refractivity contribution in [3.8, 4) is 22.8 Å². The first kappa shape index (κ1) is 22.1. The predicted octanol–water partition coefficient (Wildman–Crippen LogP) is 4.36. The van der Waals surface area contributed by atoms with E-state index < -0.39 is 17.8 Å². The van der Waals surface area contributed by atoms with Crippen LogP contribution in [0, 0.1) is 0 Å². The number of ether oxygens (including phenoxy) is 2. The lowest BCUT2D eigenvalue weighted by Gasteiger charge is -2.12. The first-order chi connectivity index (χ1) is 15.8. The molecule has 0 aliphatic carbocycles. The summed E-state index contributed by atoms with van der Waals surface area (Å²) < 4.78 is 52.2. The van der Waals surface area contributed by atoms with Gasteiger partial charge in [0.05, 0.1) is 26.1 Å². The quantitative estimate of drug-likeness (QED) is 0.467. The first-order valence-corrected chi connectivity index (χ1v) is 9.82. The number of carbonyl (C=O) groups is 1. The number of fused-ring (bicyclic) bond motifs is 1. The zero-order valence-electron chi connectivity index (χ0n) is 17.7. The van der Waals surface area contributed by atoms with Gasteiger partial charge in [-0.05, 0) is 23.8 Å². The van der Waals surface area contributed by atoms with Gasteiger partial charge >= 0.3 is 6.18 Å². The van der Waals surface area contributed by atoms with Crippen LogP contribution in [-0.2, 0) is 12.7 Å². The van der Waals surface area contributed by atoms with E-state index >= 15 is 0 Å². The number of aromatic nitrogens is 3. The minimum Gasteiger partial charge on any atom is -0.493 e. The van der Waals surface area contributed by atoms with Crippen molar-refractivity contribution >= 4 is 11.6 Å². The summed E-state index contributed by atoms with van der Waals surface area (Å²) in [4.78, 5) is 17.1. The Bertz CT molecular complexity index is 1300. The van der Waals surface area contributed by atoms with Gasteiger partial charge in [-0.1, -0.05) is 36.4 Å². The number of halogens is 3. The van der Waals surface area contributed by atoms with E-state index in [1.54, 1.807) is 48.5 Å². The van der Waals surface area contributed by atoms with Crippen LogP contribution in [0.2, 0.25) is 0 Å². The van der Waals surface area contributed by atoms with Crippen LogP contribution in [0.5, 0.6) is 11.5 Å². The number of rotatable bonds is 6. The van der Waals surface area contributed by atoms with Crippen molar-refractivity contribution < 1.29 is 27.4 Å². The second-order valence-electron chi connectivity index (χ2n) is 7.06. The predicted molar refractivity (Wildman–Crippen MR) is 114 cm³/mol. The fourth-order valence-electron chi connectivity index (χ4n) is 3.35. The minimum absolute atomic E-state index is 0.0706. The summed E-state index contributed by atoms with van der Waals surface area (Å²) in [6.45, 7) is 0.112. The molecule has 1 amide bonds. The van der Waals surface area contributed by atoms with Crippen molar-refractivity contribution in [3.05, 3.63) is 77.6 Å². The van der Waals surface area contributed by atoms with Crippen LogP contribution in [-0.4, -0.2) is 34.7 Å². The Labute approximate surface area is 186 Å². The highest BCUT2D eigenvalue weighted by Gasteiger charge is 2.36. The number of methoxy groups -OCH3 is 2. The van der Waals surface area contributed by atoms with Gasteiger partial charge in [0.15, 0.2) is 22.8 Å². The van der Waals surface area contributed by atoms with Crippen molar-refractivity contribution in [2.24, 2.45) is 0 Å². The average Bonchev–Trinajstić information content (AvgIpc) is 3.25. The van der Waals surface area contributed by atoms with Crippen LogP contribution in [0.4, 0.5) is 13.2 Å². The number of benzene rings is 2. The van der Waals surface area contributed by atoms with Crippen LogP contribution < -0.4 is 14.8 Å². The molecule has 0 fully saturated rings. The van der Waals surface area contributed by atoms with Crippen LogP contribution >= 0.6 is 0 Å². The van der Waals surface area contributed by atoms with E-state index in [-0.39, 0.29) is 23.4 Å². The Morgan fingerprint density at radius 2 is 1.76 bits per heavy atom. The Morgan fingerprint density at radius 1 is 1.03 bits per heavy atom. The maximum atomic E-state index is 13.7. The fourth-order valence-corrected chi connectivity index (χ4v) is 3.35. The molecule has 0 saturated heterocycles. The largest absolute Gasteiger partial charge is 0.493 e. The van der Waals surface area contributed by atoms with Gasteiger partial charge in [0.2, 0.25) is 0 Å². The monoisotopic (exact) mass is 456 g/mol. The average molecular weight is 456 g/mol. The molecule has 2 heterocycles. The molecule has 0 aliphatic rings. The lowest BCUT2D eigenvalue weighted by Crippen LogP contribution is -2.23. The second-order valence-corrected chi connectivity index (χ2v) is 7.06. The lowest BCUT2D eigenvalue weighted by molar-refractivity contribution is -0.142. The molecule has 7 nitrogen and oxygen atoms in total. The summed E-state index contributed by atoms with van der Waals surface area (Å²) >= 11 is 0. The summed E-state index contributed by atoms with van der Waals surface area (Å²) in [6.07, 6.45) is -3.61. The smallest absolute Gasteiger partial charge is 0.433 e. The molecule has 0 spiro atoms. The standard InChI is InChI=1S/C23H19F3N4O3/c1-32-18-9-8-14(10-19(18)33-2)12-27-22(31)16-13-28-30-20(23(24,25)26)11-17(29-21(16)30)15-6-4-3-5-7-15/h3-11,13H,12H2,1-2H3,(H,27,31). The van der Waals surface area contributed by atoms with Gasteiger partial charge in [-0.15, -0.1) is 0 Å². The van der Waals surface area contributed by atoms with Gasteiger partial charge in [0.1, 0.15) is 5.56 Å². The summed E-state index contributed by atoms with van der Waals surface area (Å²) in [5, 5.41) is 6.47. The molecule has 0 unspecified atom stereocenters. The highest BCUT2D eigenvalue weighted by Crippen LogP contribution is 2.33. The third kappa shape index (κ3) is 4.45. The van der Waals surface area contributed by atoms with Crippen LogP contribution in [0.1, 0.15) is 21.6 Å². The molecule has 2 aromatic carbocycles. The number of nitrogens with one attached hydrogen (secondary N) is 1. The maximum Gasteiger partial charge on any atom is 0.433 e. The van der Waals surface area contributed by atoms with Gasteiger partial charge in [-0.2, -0.15) is 18.3 Å². The minimum atomic E-state index is -4.69. The lowest BCUT2D eigenvalue weighted by atomic mass is 10.1. The Kier molecular flexibility index (Phi) is 5.91. The number of amides is 1. The van der Waals surface area contributed by atoms with Crippen molar-refractivity contribution in [2.45, 2.75) is 12.7 Å². The van der Waals surface area contributed by atoms with Gasteiger partial charge in [-0.3, -0.25) is 4.79 Å². The van der Waals surface area contributed by atoms with Gasteiger partial charge < -0.3 is 14.8 Å². The summed E-state index contributed by atoms with van der Waals surface area (Å²) in [6, 6.07) is 14.5. The number of nitrogens with zero attached hydrogens (tertiary/aromatic N) is 3. The molecule has 2 aromatic heterocycles. The molecule has 4 aromatic rings. The van der Waals surface area contributed by atoms with E-state index in [1.807, 2.05) is 0 Å². The third-order valence-electron chi connectivity index (χ3n) is 4.98. The van der Waals surface area contributed by atoms with Crippen molar-refractivity contribution in [1.82, 2.24) is 19.9 Å². The van der Waals surface area contributed by atoms with Crippen molar-refractivity contribution in [1.29, 1.82) is 0 Å². The molecule has 10 heteroatoms. The highest BCUT2D eigenvalue weighted by molar-refractivity contribution is 5.99. The summed E-state index contributed by atoms with van der Waals surface area (Å²) in [5.74, 6) is 0.419. The zero-order chi connectivity index (χ0) is 23.6. The van der Waals surface area contributed by atoms with E-state index in [0.717, 1.165) is 12.3 Å². The van der Waals surface area contributed by atoms with Gasteiger partial charge in [-0.25, -0.2) is 9.50 Å². The van der Waals surface area contributed by atoms with Crippen LogP contribution in [0.3, 0.4) is 0 Å². The molecule has 0 aliphatic heterocycles. The Hall–Kier alpha value is -4.08. The highest BCUT2D eigenvalue weighted by atomic mass is 19.4. The Morgan fingerprint density at radius 3 is 2.42 bits per heavy atom. The number of alkyl halides is 3. The SMILES string of the molecule is COc1ccc(CNC(=O)c2cnn3c(C(F)(F)F)cc(-c4ccccc4)nc23)cc1OC. The molecule has 33 heavy (non-hydrogen) atoms. The van der Waals surface area contributed by atoms with E-state index in [9.17, 15) is 18.0 Å². The van der Waals surface area contributed by atoms with Crippen LogP contribution in [0.25, 0.3) is 16.9 Å². The Balaban J connectivity index is 1.68. The first-order valence-electron chi connectivity index (χ1n) is 9.82. The summed E-state index contributed by atoms with van der Waals surface area (Å²) in [5.41, 5.74) is 0.0113. The van der Waals surface area contributed by atoms with Crippen molar-refractivity contribution in [3.63, 3.8) is 0 Å². The third-order valence-corrected chi connectivity index (χ3v) is 4.98. The normalized spacial score (nSPS) is 11.4. The van der Waals surface area contributed by atoms with E-state index in [4.69, 9.17) is 9.47 Å². The van der Waals surface area contributed by atoms with Gasteiger partial charge in [0.25, 0.3) is 5.91 Å². The fraction of sp³-hybridized carbons (Fsp3) is 0.174. The maximum absolute atomic E-state index is 13.7. The molecule has 0 radical (unpaired) electrons. The molecule has 4 rings (SSSR count). The second kappa shape index (κ2) is 8.81.